The predicted octanol–water partition coefficient (Wildman–Crippen LogP) is 2.24. The van der Waals surface area contributed by atoms with Crippen molar-refractivity contribution in [3.05, 3.63) is 17.5 Å². The highest BCUT2D eigenvalue weighted by Crippen LogP contribution is 1.94. The second kappa shape index (κ2) is 6.34. The Balaban J connectivity index is 4.08. The molecule has 1 unspecified atom stereocenters. The Morgan fingerprint density at radius 1 is 1.69 bits per heavy atom. The van der Waals surface area contributed by atoms with Gasteiger partial charge in [-0.15, -0.1) is 0 Å². The molecule has 0 N–H and O–H groups in total. The Morgan fingerprint density at radius 2 is 2.31 bits per heavy atom. The van der Waals surface area contributed by atoms with Gasteiger partial charge in [-0.2, -0.15) is 0 Å². The number of nitrogens with zero attached hydrogens (tertiary/aromatic N) is 2. The van der Waals surface area contributed by atoms with Crippen LogP contribution in [-0.4, -0.2) is 16.7 Å². The van der Waals surface area contributed by atoms with Crippen LogP contribution in [0.2, 0.25) is 0 Å². The van der Waals surface area contributed by atoms with Gasteiger partial charge in [0, 0.05) is 0 Å². The molecule has 0 aliphatic heterocycles. The molecule has 4 heteroatoms. The van der Waals surface area contributed by atoms with Gasteiger partial charge in [0.25, 0.3) is 0 Å². The quantitative estimate of drug-likeness (QED) is 0.374. The zero-order chi connectivity index (χ0) is 10.3. The van der Waals surface area contributed by atoms with E-state index in [1.807, 2.05) is 6.92 Å². The van der Waals surface area contributed by atoms with Crippen LogP contribution < -0.4 is 0 Å². The van der Waals surface area contributed by atoms with Crippen LogP contribution in [0.3, 0.4) is 0 Å². The Kier molecular flexibility index (Phi) is 5.76. The normalized spacial score (nSPS) is 14.8. The maximum atomic E-state index is 10.9. The first-order chi connectivity index (χ1) is 6.07. The third kappa shape index (κ3) is 6.02. The number of hydrogen-bond acceptors (Lipinski definition) is 3. The van der Waals surface area contributed by atoms with Crippen molar-refractivity contribution in [2.75, 3.05) is 0 Å². The van der Waals surface area contributed by atoms with Crippen molar-refractivity contribution in [2.24, 2.45) is 5.11 Å². The average molecular weight is 184 g/mol. The highest BCUT2D eigenvalue weighted by atomic mass is 16.5. The molecule has 0 aliphatic rings. The molecular weight excluding hydrogens is 168 g/mol. The van der Waals surface area contributed by atoms with Gasteiger partial charge in [-0.1, -0.05) is 18.2 Å². The van der Waals surface area contributed by atoms with Crippen molar-refractivity contribution >= 4 is 5.78 Å². The molecule has 0 aromatic heterocycles. The van der Waals surface area contributed by atoms with Gasteiger partial charge in [-0.3, -0.25) is 4.79 Å². The number of allylic oxidation sites excluding steroid dienone is 1. The number of azo groups is 1. The molecule has 0 heterocycles. The van der Waals surface area contributed by atoms with Gasteiger partial charge in [0.05, 0.1) is 0 Å². The van der Waals surface area contributed by atoms with Crippen LogP contribution in [0, 0.1) is 5.21 Å². The number of carbonyl (C=O) groups is 1. The lowest BCUT2D eigenvalue weighted by atomic mass is 10.3. The third-order valence-electron chi connectivity index (χ3n) is 1.56. The van der Waals surface area contributed by atoms with Crippen LogP contribution in [0.5, 0.6) is 0 Å². The molecule has 0 aromatic rings. The highest BCUT2D eigenvalue weighted by Gasteiger charge is 2.08. The van der Waals surface area contributed by atoms with E-state index in [0.29, 0.717) is 4.86 Å². The van der Waals surface area contributed by atoms with Crippen molar-refractivity contribution in [3.8, 4) is 0 Å². The molecule has 0 radical (unpaired) electrons. The van der Waals surface area contributed by atoms with Crippen LogP contribution in [0.25, 0.3) is 0 Å². The second-order valence-electron chi connectivity index (χ2n) is 2.88. The largest absolute Gasteiger partial charge is 0.595 e. The van der Waals surface area contributed by atoms with Gasteiger partial charge < -0.3 is 5.21 Å². The molecule has 0 rings (SSSR count). The lowest BCUT2D eigenvalue weighted by molar-refractivity contribution is -0.461. The molecule has 0 fully saturated rings. The molecule has 0 aliphatic carbocycles. The summed E-state index contributed by atoms with van der Waals surface area (Å²) in [6.45, 7) is 5.04. The van der Waals surface area contributed by atoms with E-state index in [4.69, 9.17) is 0 Å². The fourth-order valence-electron chi connectivity index (χ4n) is 0.622. The van der Waals surface area contributed by atoms with E-state index in [0.717, 1.165) is 12.8 Å². The summed E-state index contributed by atoms with van der Waals surface area (Å²) in [5.74, 6) is -0.107. The summed E-state index contributed by atoms with van der Waals surface area (Å²) in [7, 11) is 0. The summed E-state index contributed by atoms with van der Waals surface area (Å²) >= 11 is 0. The molecule has 4 nitrogen and oxygen atoms in total. The fraction of sp³-hybridized carbons (Fsp3) is 0.667. The Labute approximate surface area is 78.5 Å². The Bertz CT molecular complexity index is 222. The van der Waals surface area contributed by atoms with E-state index in [1.165, 1.54) is 13.1 Å². The van der Waals surface area contributed by atoms with Crippen molar-refractivity contribution < 1.29 is 9.66 Å². The minimum atomic E-state index is -0.552. The molecule has 1 atom stereocenters. The smallest absolute Gasteiger partial charge is 0.205 e. The number of unbranched alkanes of at least 4 members (excludes halogenated alkanes) is 1. The van der Waals surface area contributed by atoms with Gasteiger partial charge in [-0.05, 0) is 31.5 Å². The number of Topliss-reactive ketones (excluding diaryl/α,β-unsaturated/α-hetero) is 1. The SMILES string of the molecule is CCC/C=C/[N+]([O-])=NC(C)C(C)=O. The van der Waals surface area contributed by atoms with Gasteiger partial charge in [-0.25, -0.2) is 0 Å². The van der Waals surface area contributed by atoms with Crippen LogP contribution in [0.4, 0.5) is 0 Å². The molecule has 0 spiro atoms. The van der Waals surface area contributed by atoms with Crippen molar-refractivity contribution in [1.29, 1.82) is 0 Å². The maximum absolute atomic E-state index is 10.9. The standard InChI is InChI=1S/C9H16N2O2/c1-4-5-6-7-11(13)10-8(2)9(3)12/h6-8H,4-5H2,1-3H3/b7-6+,11-10?. The Hall–Kier alpha value is -1.19. The summed E-state index contributed by atoms with van der Waals surface area (Å²) in [5, 5.41) is 14.5. The van der Waals surface area contributed by atoms with Gasteiger partial charge in [0.1, 0.15) is 0 Å². The van der Waals surface area contributed by atoms with Crippen molar-refractivity contribution in [1.82, 2.24) is 0 Å². The molecule has 74 valence electrons. The first-order valence-electron chi connectivity index (χ1n) is 4.42. The first kappa shape index (κ1) is 11.8. The number of carbonyl (C=O) groups excluding carboxylic acids is 1. The van der Waals surface area contributed by atoms with E-state index in [2.05, 4.69) is 5.11 Å². The predicted molar refractivity (Wildman–Crippen MR) is 50.2 cm³/mol. The Morgan fingerprint density at radius 3 is 2.77 bits per heavy atom. The number of rotatable bonds is 5. The number of hydroxylamine groups is 1. The fourth-order valence-corrected chi connectivity index (χ4v) is 0.622. The lowest BCUT2D eigenvalue weighted by Crippen LogP contribution is -2.12. The highest BCUT2D eigenvalue weighted by molar-refractivity contribution is 5.80. The summed E-state index contributed by atoms with van der Waals surface area (Å²) in [6, 6.07) is -0.552. The topological polar surface area (TPSA) is 55.5 Å². The molecule has 13 heavy (non-hydrogen) atoms. The lowest BCUT2D eigenvalue weighted by Gasteiger charge is -1.97. The van der Waals surface area contributed by atoms with E-state index in [1.54, 1.807) is 13.0 Å². The van der Waals surface area contributed by atoms with Crippen LogP contribution in [0.15, 0.2) is 17.4 Å². The van der Waals surface area contributed by atoms with Crippen LogP contribution in [0.1, 0.15) is 33.6 Å². The van der Waals surface area contributed by atoms with Crippen LogP contribution >= 0.6 is 0 Å². The third-order valence-corrected chi connectivity index (χ3v) is 1.56. The molecule has 0 amide bonds. The number of ketones is 1. The van der Waals surface area contributed by atoms with Gasteiger partial charge in [0.2, 0.25) is 6.20 Å². The van der Waals surface area contributed by atoms with Crippen LogP contribution in [-0.2, 0) is 4.79 Å². The van der Waals surface area contributed by atoms with Crippen molar-refractivity contribution in [2.45, 2.75) is 39.7 Å². The second-order valence-corrected chi connectivity index (χ2v) is 2.88. The van der Waals surface area contributed by atoms with E-state index in [-0.39, 0.29) is 5.78 Å². The molecule has 0 bridgehead atoms. The summed E-state index contributed by atoms with van der Waals surface area (Å²) in [6.07, 6.45) is 4.92. The summed E-state index contributed by atoms with van der Waals surface area (Å²) < 4.78 is 0. The minimum Gasteiger partial charge on any atom is -0.595 e. The zero-order valence-electron chi connectivity index (χ0n) is 8.36. The molecular formula is C9H16N2O2. The molecule has 0 saturated heterocycles. The van der Waals surface area contributed by atoms with E-state index >= 15 is 0 Å². The zero-order valence-corrected chi connectivity index (χ0v) is 8.36. The average Bonchev–Trinajstić information content (AvgIpc) is 2.04. The molecule has 0 aromatic carbocycles. The monoisotopic (exact) mass is 184 g/mol. The van der Waals surface area contributed by atoms with Gasteiger partial charge in [0.15, 0.2) is 11.8 Å². The summed E-state index contributed by atoms with van der Waals surface area (Å²) in [4.78, 5) is 11.2. The van der Waals surface area contributed by atoms with E-state index < -0.39 is 6.04 Å². The van der Waals surface area contributed by atoms with Crippen molar-refractivity contribution in [3.63, 3.8) is 0 Å². The minimum absolute atomic E-state index is 0.107. The number of hydrogen-bond donors (Lipinski definition) is 0. The molecule has 0 saturated carbocycles. The summed E-state index contributed by atoms with van der Waals surface area (Å²) in [5.41, 5.74) is 0. The van der Waals surface area contributed by atoms with E-state index in [9.17, 15) is 10.0 Å². The van der Waals surface area contributed by atoms with Gasteiger partial charge >= 0.3 is 0 Å². The first-order valence-corrected chi connectivity index (χ1v) is 4.42. The maximum Gasteiger partial charge on any atom is 0.205 e.